The SMILES string of the molecule is CC.CC(C)(C)OC(=O)NNC(=O)c1cccc([NH2+]O)c1. The van der Waals surface area contributed by atoms with E-state index in [-0.39, 0.29) is 0 Å². The third-order valence-electron chi connectivity index (χ3n) is 1.97. The summed E-state index contributed by atoms with van der Waals surface area (Å²) < 4.78 is 4.96. The number of ether oxygens (including phenoxy) is 1. The fraction of sp³-hybridized carbons (Fsp3) is 0.429. The predicted octanol–water partition coefficient (Wildman–Crippen LogP) is 1.47. The number of carbonyl (C=O) groups excluding carboxylic acids is 2. The van der Waals surface area contributed by atoms with Crippen molar-refractivity contribution in [2.75, 3.05) is 0 Å². The van der Waals surface area contributed by atoms with E-state index < -0.39 is 17.6 Å². The fourth-order valence-electron chi connectivity index (χ4n) is 1.24. The highest BCUT2D eigenvalue weighted by molar-refractivity contribution is 5.95. The molecule has 0 bridgehead atoms. The number of nitrogens with two attached hydrogens (primary N) is 1. The van der Waals surface area contributed by atoms with E-state index in [4.69, 9.17) is 9.94 Å². The van der Waals surface area contributed by atoms with Crippen molar-refractivity contribution in [2.24, 2.45) is 0 Å². The molecule has 0 saturated carbocycles. The molecule has 0 radical (unpaired) electrons. The van der Waals surface area contributed by atoms with Gasteiger partial charge in [0.1, 0.15) is 5.60 Å². The minimum Gasteiger partial charge on any atom is -0.443 e. The van der Waals surface area contributed by atoms with Gasteiger partial charge in [0.2, 0.25) is 0 Å². The largest absolute Gasteiger partial charge is 0.443 e. The molecule has 0 aliphatic rings. The van der Waals surface area contributed by atoms with Gasteiger partial charge in [0, 0.05) is 17.7 Å². The van der Waals surface area contributed by atoms with Crippen LogP contribution in [-0.2, 0) is 4.74 Å². The van der Waals surface area contributed by atoms with Crippen molar-refractivity contribution in [1.82, 2.24) is 10.9 Å². The zero-order valence-electron chi connectivity index (χ0n) is 13.1. The van der Waals surface area contributed by atoms with E-state index in [1.165, 1.54) is 6.07 Å². The maximum Gasteiger partial charge on any atom is 0.426 e. The Bertz CT molecular complexity index is 470. The van der Waals surface area contributed by atoms with Crippen LogP contribution in [0.1, 0.15) is 45.0 Å². The number of quaternary nitrogens is 1. The summed E-state index contributed by atoms with van der Waals surface area (Å²) in [5.74, 6) is -0.505. The Hall–Kier alpha value is -2.12. The molecule has 0 atom stereocenters. The number of rotatable bonds is 2. The lowest BCUT2D eigenvalue weighted by molar-refractivity contribution is -0.825. The number of hydrogen-bond donors (Lipinski definition) is 4. The monoisotopic (exact) mass is 298 g/mol. The van der Waals surface area contributed by atoms with Gasteiger partial charge in [-0.1, -0.05) is 19.9 Å². The van der Waals surface area contributed by atoms with E-state index in [0.29, 0.717) is 11.3 Å². The smallest absolute Gasteiger partial charge is 0.426 e. The maximum atomic E-state index is 11.7. The third kappa shape index (κ3) is 7.91. The first-order chi connectivity index (χ1) is 9.81. The quantitative estimate of drug-likeness (QED) is 0.490. The van der Waals surface area contributed by atoms with Gasteiger partial charge in [-0.3, -0.25) is 10.2 Å². The van der Waals surface area contributed by atoms with Crippen LogP contribution in [0.4, 0.5) is 10.5 Å². The van der Waals surface area contributed by atoms with Gasteiger partial charge in [-0.25, -0.2) is 15.4 Å². The summed E-state index contributed by atoms with van der Waals surface area (Å²) in [6.07, 6.45) is -0.745. The van der Waals surface area contributed by atoms with Crippen LogP contribution >= 0.6 is 0 Å². The summed E-state index contributed by atoms with van der Waals surface area (Å²) >= 11 is 0. The minimum atomic E-state index is -0.745. The van der Waals surface area contributed by atoms with E-state index in [1.807, 2.05) is 13.8 Å². The molecule has 0 heterocycles. The Kier molecular flexibility index (Phi) is 8.03. The average molecular weight is 298 g/mol. The van der Waals surface area contributed by atoms with Gasteiger partial charge < -0.3 is 4.74 Å². The molecule has 2 amide bonds. The maximum absolute atomic E-state index is 11.7. The van der Waals surface area contributed by atoms with Crippen molar-refractivity contribution < 1.29 is 25.0 Å². The summed E-state index contributed by atoms with van der Waals surface area (Å²) in [5.41, 5.74) is 5.40. The topological polar surface area (TPSA) is 104 Å². The first kappa shape index (κ1) is 18.9. The van der Waals surface area contributed by atoms with Crippen LogP contribution in [-0.4, -0.2) is 22.8 Å². The molecule has 0 aliphatic heterocycles. The molecular formula is C14H24N3O4+. The van der Waals surface area contributed by atoms with Gasteiger partial charge in [-0.15, -0.1) is 0 Å². The zero-order valence-corrected chi connectivity index (χ0v) is 13.1. The van der Waals surface area contributed by atoms with E-state index in [2.05, 4.69) is 10.9 Å². The normalized spacial score (nSPS) is 10.0. The first-order valence-corrected chi connectivity index (χ1v) is 6.68. The Labute approximate surface area is 124 Å². The van der Waals surface area contributed by atoms with Crippen LogP contribution in [0.25, 0.3) is 0 Å². The Morgan fingerprint density at radius 2 is 1.81 bits per heavy atom. The molecule has 118 valence electrons. The molecule has 1 rings (SSSR count). The molecule has 1 aromatic carbocycles. The first-order valence-electron chi connectivity index (χ1n) is 6.68. The van der Waals surface area contributed by atoms with Crippen molar-refractivity contribution in [1.29, 1.82) is 0 Å². The van der Waals surface area contributed by atoms with Gasteiger partial charge >= 0.3 is 6.09 Å². The highest BCUT2D eigenvalue weighted by Gasteiger charge is 2.16. The van der Waals surface area contributed by atoms with Crippen LogP contribution in [0.5, 0.6) is 0 Å². The molecule has 0 aliphatic carbocycles. The van der Waals surface area contributed by atoms with E-state index in [0.717, 1.165) is 5.48 Å². The summed E-state index contributed by atoms with van der Waals surface area (Å²) in [5, 5.41) is 8.84. The third-order valence-corrected chi connectivity index (χ3v) is 1.97. The van der Waals surface area contributed by atoms with Crippen molar-refractivity contribution in [3.05, 3.63) is 29.8 Å². The van der Waals surface area contributed by atoms with Crippen LogP contribution < -0.4 is 16.3 Å². The molecule has 0 spiro atoms. The molecule has 0 fully saturated rings. The summed E-state index contributed by atoms with van der Waals surface area (Å²) in [6.45, 7) is 9.15. The molecule has 0 saturated heterocycles. The van der Waals surface area contributed by atoms with Gasteiger partial charge in [-0.05, 0) is 26.8 Å². The lowest BCUT2D eigenvalue weighted by Crippen LogP contribution is -2.73. The number of nitrogens with one attached hydrogen (secondary N) is 2. The molecule has 5 N–H and O–H groups in total. The number of carbonyl (C=O) groups is 2. The van der Waals surface area contributed by atoms with Gasteiger partial charge in [0.05, 0.1) is 0 Å². The second-order valence-electron chi connectivity index (χ2n) is 4.84. The van der Waals surface area contributed by atoms with Crippen molar-refractivity contribution in [2.45, 2.75) is 40.2 Å². The van der Waals surface area contributed by atoms with Crippen molar-refractivity contribution in [3.63, 3.8) is 0 Å². The molecule has 7 nitrogen and oxygen atoms in total. The van der Waals surface area contributed by atoms with E-state index >= 15 is 0 Å². The summed E-state index contributed by atoms with van der Waals surface area (Å²) in [4.78, 5) is 23.0. The van der Waals surface area contributed by atoms with Gasteiger partial charge in [0.25, 0.3) is 5.91 Å². The molecular weight excluding hydrogens is 274 g/mol. The average Bonchev–Trinajstić information content (AvgIpc) is 2.45. The summed E-state index contributed by atoms with van der Waals surface area (Å²) in [7, 11) is 0. The van der Waals surface area contributed by atoms with Crippen LogP contribution in [0.2, 0.25) is 0 Å². The predicted molar refractivity (Wildman–Crippen MR) is 78.0 cm³/mol. The molecule has 7 heteroatoms. The number of amides is 2. The second-order valence-corrected chi connectivity index (χ2v) is 4.84. The van der Waals surface area contributed by atoms with Crippen LogP contribution in [0, 0.1) is 0 Å². The Morgan fingerprint density at radius 3 is 2.33 bits per heavy atom. The summed E-state index contributed by atoms with van der Waals surface area (Å²) in [6, 6.07) is 6.29. The second kappa shape index (κ2) is 8.93. The zero-order chi connectivity index (χ0) is 16.5. The minimum absolute atomic E-state index is 0.304. The highest BCUT2D eigenvalue weighted by atomic mass is 16.6. The van der Waals surface area contributed by atoms with E-state index in [1.54, 1.807) is 39.0 Å². The number of hydrazine groups is 1. The number of benzene rings is 1. The Balaban J connectivity index is 0.00000191. The lowest BCUT2D eigenvalue weighted by Gasteiger charge is -2.19. The molecule has 21 heavy (non-hydrogen) atoms. The highest BCUT2D eigenvalue weighted by Crippen LogP contribution is 2.06. The standard InChI is InChI=1S/C12H17N3O4.C2H6/c1-12(2,3)19-11(17)14-13-10(16)8-5-4-6-9(7-8)15-18;1-2/h4-7,15,18H,1-3H3,(H,13,16)(H,14,17);1-2H3/p+1. The van der Waals surface area contributed by atoms with Gasteiger partial charge in [0.15, 0.2) is 5.69 Å². The molecule has 0 aromatic heterocycles. The Morgan fingerprint density at radius 1 is 1.19 bits per heavy atom. The molecule has 0 unspecified atom stereocenters. The van der Waals surface area contributed by atoms with Crippen LogP contribution in [0.15, 0.2) is 24.3 Å². The van der Waals surface area contributed by atoms with Crippen molar-refractivity contribution >= 4 is 17.7 Å². The van der Waals surface area contributed by atoms with E-state index in [9.17, 15) is 9.59 Å². The van der Waals surface area contributed by atoms with Gasteiger partial charge in [-0.2, -0.15) is 5.48 Å². The lowest BCUT2D eigenvalue weighted by atomic mass is 10.2. The fourth-order valence-corrected chi connectivity index (χ4v) is 1.24. The number of hydrogen-bond acceptors (Lipinski definition) is 4. The van der Waals surface area contributed by atoms with Crippen LogP contribution in [0.3, 0.4) is 0 Å². The molecule has 1 aromatic rings. The van der Waals surface area contributed by atoms with Crippen molar-refractivity contribution in [3.8, 4) is 0 Å².